The second-order valence-electron chi connectivity index (χ2n) is 3.51. The first-order valence-electron chi connectivity index (χ1n) is 5.38. The third kappa shape index (κ3) is 2.34. The number of benzene rings is 1. The molecule has 0 radical (unpaired) electrons. The Bertz CT molecular complexity index is 526. The maximum atomic E-state index is 5.24. The Morgan fingerprint density at radius 3 is 2.17 bits per heavy atom. The summed E-state index contributed by atoms with van der Waals surface area (Å²) in [4.78, 5) is 8.22. The first-order valence-corrected chi connectivity index (χ1v) is 5.38. The van der Waals surface area contributed by atoms with Crippen molar-refractivity contribution in [3.05, 3.63) is 30.5 Å². The minimum absolute atomic E-state index is 0.282. The van der Waals surface area contributed by atoms with Crippen LogP contribution in [0.25, 0.3) is 11.1 Å². The quantitative estimate of drug-likeness (QED) is 0.827. The van der Waals surface area contributed by atoms with Crippen molar-refractivity contribution < 1.29 is 14.2 Å². The largest absolute Gasteiger partial charge is 0.497 e. The molecule has 0 aliphatic rings. The Morgan fingerprint density at radius 1 is 0.889 bits per heavy atom. The van der Waals surface area contributed by atoms with Gasteiger partial charge in [0.25, 0.3) is 0 Å². The number of ether oxygens (including phenoxy) is 3. The second kappa shape index (κ2) is 5.35. The fourth-order valence-corrected chi connectivity index (χ4v) is 1.57. The molecule has 0 N–H and O–H groups in total. The van der Waals surface area contributed by atoms with Gasteiger partial charge in [-0.05, 0) is 17.7 Å². The van der Waals surface area contributed by atoms with Crippen molar-refractivity contribution in [3.8, 4) is 28.8 Å². The average molecular weight is 246 g/mol. The molecule has 0 amide bonds. The standard InChI is InChI=1S/C13H14N2O3/c1-16-10-6-4-9(5-7-10)11-8-14-13(18-3)15-12(11)17-2/h4-8H,1-3H3. The molecule has 94 valence electrons. The molecule has 2 aromatic rings. The van der Waals surface area contributed by atoms with Gasteiger partial charge in [-0.3, -0.25) is 0 Å². The molecule has 0 aliphatic heterocycles. The zero-order valence-corrected chi connectivity index (χ0v) is 10.5. The molecule has 0 saturated heterocycles. The molecule has 5 nitrogen and oxygen atoms in total. The van der Waals surface area contributed by atoms with Gasteiger partial charge in [0.1, 0.15) is 5.75 Å². The Kier molecular flexibility index (Phi) is 3.62. The highest BCUT2D eigenvalue weighted by molar-refractivity contribution is 5.68. The molecule has 0 aliphatic carbocycles. The Balaban J connectivity index is 2.42. The van der Waals surface area contributed by atoms with Gasteiger partial charge in [0.2, 0.25) is 5.88 Å². The molecule has 0 saturated carbocycles. The van der Waals surface area contributed by atoms with Gasteiger partial charge in [-0.1, -0.05) is 12.1 Å². The molecular formula is C13H14N2O3. The highest BCUT2D eigenvalue weighted by Crippen LogP contribution is 2.29. The Hall–Kier alpha value is -2.30. The third-order valence-electron chi connectivity index (χ3n) is 2.51. The van der Waals surface area contributed by atoms with Crippen molar-refractivity contribution in [2.75, 3.05) is 21.3 Å². The molecule has 0 spiro atoms. The van der Waals surface area contributed by atoms with Crippen LogP contribution in [0.3, 0.4) is 0 Å². The van der Waals surface area contributed by atoms with Crippen LogP contribution >= 0.6 is 0 Å². The molecular weight excluding hydrogens is 232 g/mol. The summed E-state index contributed by atoms with van der Waals surface area (Å²) < 4.78 is 15.3. The third-order valence-corrected chi connectivity index (χ3v) is 2.51. The summed E-state index contributed by atoms with van der Waals surface area (Å²) in [6, 6.07) is 7.88. The Morgan fingerprint density at radius 2 is 1.61 bits per heavy atom. The smallest absolute Gasteiger partial charge is 0.319 e. The predicted molar refractivity (Wildman–Crippen MR) is 67.1 cm³/mol. The molecule has 1 aromatic carbocycles. The molecule has 5 heteroatoms. The van der Waals surface area contributed by atoms with Gasteiger partial charge in [0.05, 0.1) is 26.9 Å². The molecule has 0 atom stereocenters. The summed E-state index contributed by atoms with van der Waals surface area (Å²) in [5.41, 5.74) is 1.76. The van der Waals surface area contributed by atoms with Gasteiger partial charge in [-0.25, -0.2) is 4.98 Å². The van der Waals surface area contributed by atoms with Gasteiger partial charge < -0.3 is 14.2 Å². The van der Waals surface area contributed by atoms with E-state index in [-0.39, 0.29) is 6.01 Å². The van der Waals surface area contributed by atoms with E-state index in [1.807, 2.05) is 24.3 Å². The second-order valence-corrected chi connectivity index (χ2v) is 3.51. The molecule has 1 aromatic heterocycles. The van der Waals surface area contributed by atoms with E-state index < -0.39 is 0 Å². The van der Waals surface area contributed by atoms with Crippen molar-refractivity contribution in [1.29, 1.82) is 0 Å². The van der Waals surface area contributed by atoms with Gasteiger partial charge >= 0.3 is 6.01 Å². The van der Waals surface area contributed by atoms with Crippen molar-refractivity contribution >= 4 is 0 Å². The van der Waals surface area contributed by atoms with Crippen LogP contribution in [0, 0.1) is 0 Å². The number of nitrogens with zero attached hydrogens (tertiary/aromatic N) is 2. The molecule has 18 heavy (non-hydrogen) atoms. The van der Waals surface area contributed by atoms with Gasteiger partial charge in [0, 0.05) is 6.20 Å². The fourth-order valence-electron chi connectivity index (χ4n) is 1.57. The summed E-state index contributed by atoms with van der Waals surface area (Å²) in [6.45, 7) is 0. The molecule has 0 unspecified atom stereocenters. The minimum Gasteiger partial charge on any atom is -0.497 e. The van der Waals surface area contributed by atoms with E-state index >= 15 is 0 Å². The van der Waals surface area contributed by atoms with Crippen LogP contribution in [0.2, 0.25) is 0 Å². The molecule has 1 heterocycles. The monoisotopic (exact) mass is 246 g/mol. The van der Waals surface area contributed by atoms with Crippen LogP contribution < -0.4 is 14.2 Å². The maximum Gasteiger partial charge on any atom is 0.319 e. The van der Waals surface area contributed by atoms with E-state index in [4.69, 9.17) is 14.2 Å². The van der Waals surface area contributed by atoms with E-state index in [0.29, 0.717) is 5.88 Å². The lowest BCUT2D eigenvalue weighted by Gasteiger charge is -2.08. The van der Waals surface area contributed by atoms with Crippen molar-refractivity contribution in [1.82, 2.24) is 9.97 Å². The maximum absolute atomic E-state index is 5.24. The SMILES string of the molecule is COc1ccc(-c2cnc(OC)nc2OC)cc1. The number of rotatable bonds is 4. The number of aromatic nitrogens is 2. The van der Waals surface area contributed by atoms with Crippen LogP contribution in [0.15, 0.2) is 30.5 Å². The Labute approximate surface area is 105 Å². The van der Waals surface area contributed by atoms with Gasteiger partial charge in [-0.2, -0.15) is 4.98 Å². The molecule has 0 fully saturated rings. The first kappa shape index (κ1) is 12.2. The average Bonchev–Trinajstić information content (AvgIpc) is 2.46. The number of hydrogen-bond acceptors (Lipinski definition) is 5. The van der Waals surface area contributed by atoms with Crippen molar-refractivity contribution in [3.63, 3.8) is 0 Å². The van der Waals surface area contributed by atoms with Crippen LogP contribution in [-0.2, 0) is 0 Å². The molecule has 2 rings (SSSR count). The van der Waals surface area contributed by atoms with Crippen molar-refractivity contribution in [2.24, 2.45) is 0 Å². The summed E-state index contributed by atoms with van der Waals surface area (Å²) in [6.07, 6.45) is 1.67. The summed E-state index contributed by atoms with van der Waals surface area (Å²) in [7, 11) is 4.71. The summed E-state index contributed by atoms with van der Waals surface area (Å²) >= 11 is 0. The van der Waals surface area contributed by atoms with E-state index in [0.717, 1.165) is 16.9 Å². The van der Waals surface area contributed by atoms with E-state index in [1.165, 1.54) is 7.11 Å². The zero-order chi connectivity index (χ0) is 13.0. The van der Waals surface area contributed by atoms with Gasteiger partial charge in [0.15, 0.2) is 0 Å². The topological polar surface area (TPSA) is 53.5 Å². The lowest BCUT2D eigenvalue weighted by molar-refractivity contribution is 0.353. The van der Waals surface area contributed by atoms with E-state index in [9.17, 15) is 0 Å². The number of methoxy groups -OCH3 is 3. The number of hydrogen-bond donors (Lipinski definition) is 0. The highest BCUT2D eigenvalue weighted by Gasteiger charge is 2.10. The predicted octanol–water partition coefficient (Wildman–Crippen LogP) is 2.17. The van der Waals surface area contributed by atoms with E-state index in [1.54, 1.807) is 20.4 Å². The lowest BCUT2D eigenvalue weighted by Crippen LogP contribution is -1.97. The minimum atomic E-state index is 0.282. The van der Waals surface area contributed by atoms with Crippen LogP contribution in [0.1, 0.15) is 0 Å². The lowest BCUT2D eigenvalue weighted by atomic mass is 10.1. The fraction of sp³-hybridized carbons (Fsp3) is 0.231. The zero-order valence-electron chi connectivity index (χ0n) is 10.5. The summed E-state index contributed by atoms with van der Waals surface area (Å²) in [5.74, 6) is 1.28. The van der Waals surface area contributed by atoms with Crippen molar-refractivity contribution in [2.45, 2.75) is 0 Å². The molecule has 0 bridgehead atoms. The summed E-state index contributed by atoms with van der Waals surface area (Å²) in [5, 5.41) is 0. The normalized spacial score (nSPS) is 9.94. The van der Waals surface area contributed by atoms with Crippen LogP contribution in [0.4, 0.5) is 0 Å². The van der Waals surface area contributed by atoms with Gasteiger partial charge in [-0.15, -0.1) is 0 Å². The highest BCUT2D eigenvalue weighted by atomic mass is 16.5. The van der Waals surface area contributed by atoms with Crippen LogP contribution in [-0.4, -0.2) is 31.3 Å². The van der Waals surface area contributed by atoms with Crippen LogP contribution in [0.5, 0.6) is 17.6 Å². The first-order chi connectivity index (χ1) is 8.78. The van der Waals surface area contributed by atoms with E-state index in [2.05, 4.69) is 9.97 Å².